The molecule has 54 heavy (non-hydrogen) atoms. The van der Waals surface area contributed by atoms with Crippen LogP contribution in [0.3, 0.4) is 0 Å². The molecule has 1 unspecified atom stereocenters. The lowest BCUT2D eigenvalue weighted by molar-refractivity contribution is -0.175. The molecule has 0 fully saturated rings. The van der Waals surface area contributed by atoms with E-state index in [1.807, 2.05) is 0 Å². The number of amides is 2. The average molecular weight is 757 g/mol. The second kappa shape index (κ2) is 15.0. The van der Waals surface area contributed by atoms with E-state index in [0.29, 0.717) is 24.3 Å². The summed E-state index contributed by atoms with van der Waals surface area (Å²) >= 11 is 0. The van der Waals surface area contributed by atoms with Gasteiger partial charge in [0.2, 0.25) is 0 Å². The van der Waals surface area contributed by atoms with Crippen LogP contribution in [0.2, 0.25) is 0 Å². The van der Waals surface area contributed by atoms with Crippen molar-refractivity contribution >= 4 is 35.4 Å². The zero-order chi connectivity index (χ0) is 39.6. The van der Waals surface area contributed by atoms with Gasteiger partial charge in [0.05, 0.1) is 41.0 Å². The summed E-state index contributed by atoms with van der Waals surface area (Å²) in [6.07, 6.45) is -10.0. The molecular weight excluding hydrogens is 726 g/mol. The van der Waals surface area contributed by atoms with Crippen LogP contribution in [0.25, 0.3) is 11.1 Å². The number of fused-ring (bicyclic) bond motifs is 1. The molecule has 0 aromatic heterocycles. The molecule has 1 aliphatic rings. The third-order valence-electron chi connectivity index (χ3n) is 8.32. The van der Waals surface area contributed by atoms with Crippen LogP contribution >= 0.6 is 0 Å². The number of rotatable bonds is 10. The minimum Gasteiger partial charge on any atom is -0.463 e. The van der Waals surface area contributed by atoms with Gasteiger partial charge in [0, 0.05) is 25.2 Å². The summed E-state index contributed by atoms with van der Waals surface area (Å²) in [6.45, 7) is 0.759. The summed E-state index contributed by atoms with van der Waals surface area (Å²) in [6, 6.07) is 15.3. The number of alkyl halides is 6. The van der Waals surface area contributed by atoms with Crippen LogP contribution in [0.4, 0.5) is 32.0 Å². The standard InChI is InChI=1S/C38H30F6N2O8/c1-4-52-35(51)36(29-8-6-5-7-26(29)34(50)54-36)20-53-31(47)18-21-9-16-30(28(17-21)33(49)46(2)3)45-32(48)25-15-14-24(38(42,43)44)19-27(25)22-10-12-23(13-11-22)37(39,40)41/h5-17,19H,4,18,20H2,1-3H3,(H,45,48). The molecule has 0 bridgehead atoms. The monoisotopic (exact) mass is 756 g/mol. The van der Waals surface area contributed by atoms with Gasteiger partial charge < -0.3 is 24.4 Å². The van der Waals surface area contributed by atoms with Crippen molar-refractivity contribution in [1.29, 1.82) is 0 Å². The Hall–Kier alpha value is -6.19. The number of benzene rings is 4. The van der Waals surface area contributed by atoms with Crippen LogP contribution in [0, 0.1) is 0 Å². The van der Waals surface area contributed by atoms with Gasteiger partial charge in [-0.2, -0.15) is 26.3 Å². The SMILES string of the molecule is CCOC(=O)C1(COC(=O)Cc2ccc(NC(=O)c3ccc(C(F)(F)F)cc3-c3ccc(C(F)(F)F)cc3)c(C(=O)N(C)C)c2)OC(=O)c2ccccc21. The zero-order valence-corrected chi connectivity index (χ0v) is 28.7. The molecule has 2 amide bonds. The summed E-state index contributed by atoms with van der Waals surface area (Å²) in [5.74, 6) is -4.31. The third kappa shape index (κ3) is 8.06. The van der Waals surface area contributed by atoms with Gasteiger partial charge in [-0.25, -0.2) is 9.59 Å². The van der Waals surface area contributed by atoms with Gasteiger partial charge in [0.15, 0.2) is 0 Å². The number of nitrogens with zero attached hydrogens (tertiary/aromatic N) is 1. The Morgan fingerprint density at radius 2 is 1.43 bits per heavy atom. The fourth-order valence-electron chi connectivity index (χ4n) is 5.66. The molecule has 282 valence electrons. The summed E-state index contributed by atoms with van der Waals surface area (Å²) in [4.78, 5) is 66.7. The number of cyclic esters (lactones) is 1. The summed E-state index contributed by atoms with van der Waals surface area (Å²) in [5.41, 5.74) is -4.84. The molecule has 0 saturated carbocycles. The van der Waals surface area contributed by atoms with E-state index in [-0.39, 0.29) is 51.2 Å². The summed E-state index contributed by atoms with van der Waals surface area (Å²) in [7, 11) is 2.81. The van der Waals surface area contributed by atoms with E-state index in [4.69, 9.17) is 14.2 Å². The van der Waals surface area contributed by atoms with Crippen molar-refractivity contribution in [2.24, 2.45) is 0 Å². The second-order valence-electron chi connectivity index (χ2n) is 12.2. The fraction of sp³-hybridized carbons (Fsp3) is 0.237. The highest BCUT2D eigenvalue weighted by molar-refractivity contribution is 6.12. The molecule has 1 aliphatic heterocycles. The van der Waals surface area contributed by atoms with Crippen molar-refractivity contribution < 1.29 is 64.5 Å². The molecule has 0 radical (unpaired) electrons. The molecule has 0 aliphatic carbocycles. The Kier molecular flexibility index (Phi) is 10.9. The number of hydrogen-bond acceptors (Lipinski definition) is 8. The molecular formula is C38H30F6N2O8. The van der Waals surface area contributed by atoms with Crippen molar-refractivity contribution in [3.8, 4) is 11.1 Å². The predicted octanol–water partition coefficient (Wildman–Crippen LogP) is 7.06. The highest BCUT2D eigenvalue weighted by atomic mass is 19.4. The Balaban J connectivity index is 1.41. The highest BCUT2D eigenvalue weighted by Gasteiger charge is 2.54. The Morgan fingerprint density at radius 1 is 0.778 bits per heavy atom. The van der Waals surface area contributed by atoms with Crippen molar-refractivity contribution in [2.75, 3.05) is 32.6 Å². The first-order chi connectivity index (χ1) is 25.4. The molecule has 4 aromatic carbocycles. The van der Waals surface area contributed by atoms with Gasteiger partial charge >= 0.3 is 30.3 Å². The lowest BCUT2D eigenvalue weighted by atomic mass is 9.93. The molecule has 10 nitrogen and oxygen atoms in total. The van der Waals surface area contributed by atoms with Gasteiger partial charge in [-0.3, -0.25) is 14.4 Å². The minimum atomic E-state index is -4.84. The number of carbonyl (C=O) groups is 5. The molecule has 5 rings (SSSR count). The maximum absolute atomic E-state index is 13.7. The third-order valence-corrected chi connectivity index (χ3v) is 8.32. The van der Waals surface area contributed by atoms with Crippen molar-refractivity contribution in [3.05, 3.63) is 124 Å². The minimum absolute atomic E-state index is 0.0605. The van der Waals surface area contributed by atoms with Crippen LogP contribution in [0.1, 0.15) is 60.3 Å². The van der Waals surface area contributed by atoms with Crippen molar-refractivity contribution in [1.82, 2.24) is 4.90 Å². The van der Waals surface area contributed by atoms with Crippen LogP contribution in [0.15, 0.2) is 84.9 Å². The molecule has 1 N–H and O–H groups in total. The molecule has 1 atom stereocenters. The number of ether oxygens (including phenoxy) is 3. The number of anilines is 1. The lowest BCUT2D eigenvalue weighted by Gasteiger charge is -2.26. The van der Waals surface area contributed by atoms with E-state index in [0.717, 1.165) is 23.1 Å². The second-order valence-corrected chi connectivity index (χ2v) is 12.2. The van der Waals surface area contributed by atoms with E-state index >= 15 is 0 Å². The summed E-state index contributed by atoms with van der Waals surface area (Å²) < 4.78 is 96.4. The molecule has 0 spiro atoms. The van der Waals surface area contributed by atoms with Crippen molar-refractivity contribution in [2.45, 2.75) is 31.3 Å². The number of nitrogens with one attached hydrogen (secondary N) is 1. The maximum Gasteiger partial charge on any atom is 0.416 e. The van der Waals surface area contributed by atoms with Gasteiger partial charge in [-0.05, 0) is 72.1 Å². The van der Waals surface area contributed by atoms with Gasteiger partial charge in [0.1, 0.15) is 6.61 Å². The first-order valence-electron chi connectivity index (χ1n) is 16.1. The maximum atomic E-state index is 13.7. The van der Waals surface area contributed by atoms with Crippen LogP contribution in [-0.2, 0) is 48.2 Å². The lowest BCUT2D eigenvalue weighted by Crippen LogP contribution is -2.43. The zero-order valence-electron chi connectivity index (χ0n) is 28.7. The summed E-state index contributed by atoms with van der Waals surface area (Å²) in [5, 5.41) is 2.49. The number of carbonyl (C=O) groups excluding carboxylic acids is 5. The van der Waals surface area contributed by atoms with Crippen LogP contribution < -0.4 is 5.32 Å². The Labute approximate surface area is 303 Å². The van der Waals surface area contributed by atoms with E-state index < -0.39 is 71.8 Å². The normalized spacial score (nSPS) is 15.2. The van der Waals surface area contributed by atoms with Crippen LogP contribution in [0.5, 0.6) is 0 Å². The smallest absolute Gasteiger partial charge is 0.416 e. The number of halogens is 6. The quantitative estimate of drug-likeness (QED) is 0.104. The highest BCUT2D eigenvalue weighted by Crippen LogP contribution is 2.39. The van der Waals surface area contributed by atoms with E-state index in [9.17, 15) is 50.3 Å². The van der Waals surface area contributed by atoms with E-state index in [2.05, 4.69) is 5.32 Å². The van der Waals surface area contributed by atoms with E-state index in [1.54, 1.807) is 19.1 Å². The topological polar surface area (TPSA) is 128 Å². The molecule has 4 aromatic rings. The largest absolute Gasteiger partial charge is 0.463 e. The molecule has 0 saturated heterocycles. The van der Waals surface area contributed by atoms with E-state index in [1.165, 1.54) is 44.4 Å². The average Bonchev–Trinajstić information content (AvgIpc) is 3.42. The van der Waals surface area contributed by atoms with Crippen LogP contribution in [-0.4, -0.2) is 61.9 Å². The fourth-order valence-corrected chi connectivity index (χ4v) is 5.66. The molecule has 1 heterocycles. The number of esters is 3. The molecule has 16 heteroatoms. The van der Waals surface area contributed by atoms with Gasteiger partial charge in [-0.15, -0.1) is 0 Å². The first kappa shape index (κ1) is 39.0. The first-order valence-corrected chi connectivity index (χ1v) is 16.1. The Bertz CT molecular complexity index is 2130. The van der Waals surface area contributed by atoms with Gasteiger partial charge in [0.25, 0.3) is 17.4 Å². The predicted molar refractivity (Wildman–Crippen MR) is 179 cm³/mol. The Morgan fingerprint density at radius 3 is 2.06 bits per heavy atom. The van der Waals surface area contributed by atoms with Crippen molar-refractivity contribution in [3.63, 3.8) is 0 Å². The van der Waals surface area contributed by atoms with Gasteiger partial charge in [-0.1, -0.05) is 36.4 Å². The number of hydrogen-bond donors (Lipinski definition) is 1.